The van der Waals surface area contributed by atoms with E-state index in [9.17, 15) is 9.59 Å². The Hall–Kier alpha value is -3.25. The van der Waals surface area contributed by atoms with Gasteiger partial charge in [-0.15, -0.1) is 0 Å². The highest BCUT2D eigenvalue weighted by Crippen LogP contribution is 2.28. The van der Waals surface area contributed by atoms with Gasteiger partial charge in [-0.25, -0.2) is 5.48 Å². The van der Waals surface area contributed by atoms with Crippen LogP contribution in [0.4, 0.5) is 0 Å². The van der Waals surface area contributed by atoms with Crippen LogP contribution in [0, 0.1) is 12.8 Å². The molecule has 2 aromatic carbocycles. The van der Waals surface area contributed by atoms with Crippen LogP contribution in [0.3, 0.4) is 0 Å². The zero-order chi connectivity index (χ0) is 22.7. The van der Waals surface area contributed by atoms with Gasteiger partial charge in [-0.1, -0.05) is 43.7 Å². The molecule has 3 N–H and O–H groups in total. The average molecular weight is 432 g/mol. The summed E-state index contributed by atoms with van der Waals surface area (Å²) in [5.41, 5.74) is 8.04. The normalized spacial score (nSPS) is 18.0. The van der Waals surface area contributed by atoms with Crippen LogP contribution < -0.4 is 10.8 Å². The van der Waals surface area contributed by atoms with Crippen LogP contribution in [-0.4, -0.2) is 28.0 Å². The summed E-state index contributed by atoms with van der Waals surface area (Å²) in [6, 6.07) is 15.6. The molecule has 166 valence electrons. The van der Waals surface area contributed by atoms with E-state index in [0.29, 0.717) is 12.0 Å². The van der Waals surface area contributed by atoms with Crippen molar-refractivity contribution in [1.82, 2.24) is 15.8 Å². The van der Waals surface area contributed by atoms with Crippen molar-refractivity contribution in [2.24, 2.45) is 5.92 Å². The summed E-state index contributed by atoms with van der Waals surface area (Å²) in [6.07, 6.45) is 3.94. The number of nitrogens with zero attached hydrogens (tertiary/aromatic N) is 1. The highest BCUT2D eigenvalue weighted by atomic mass is 16.5. The number of amides is 2. The minimum atomic E-state index is -0.435. The van der Waals surface area contributed by atoms with E-state index in [1.807, 2.05) is 42.5 Å². The summed E-state index contributed by atoms with van der Waals surface area (Å²) >= 11 is 0. The molecule has 4 rings (SSSR count). The molecule has 0 unspecified atom stereocenters. The van der Waals surface area contributed by atoms with Gasteiger partial charge < -0.3 is 5.32 Å². The Morgan fingerprint density at radius 3 is 2.53 bits per heavy atom. The number of carbonyl (C=O) groups is 2. The number of rotatable bonds is 6. The lowest BCUT2D eigenvalue weighted by atomic mass is 9.93. The summed E-state index contributed by atoms with van der Waals surface area (Å²) in [7, 11) is 0. The van der Waals surface area contributed by atoms with Crippen molar-refractivity contribution < 1.29 is 14.8 Å². The Bertz CT molecular complexity index is 1140. The molecule has 1 aliphatic rings. The Morgan fingerprint density at radius 1 is 1.06 bits per heavy atom. The Kier molecular flexibility index (Phi) is 6.51. The van der Waals surface area contributed by atoms with Crippen LogP contribution in [0.5, 0.6) is 0 Å². The molecule has 6 nitrogen and oxygen atoms in total. The van der Waals surface area contributed by atoms with E-state index < -0.39 is 5.91 Å². The summed E-state index contributed by atoms with van der Waals surface area (Å²) in [4.78, 5) is 29.3. The minimum Gasteiger partial charge on any atom is -0.349 e. The van der Waals surface area contributed by atoms with Crippen molar-refractivity contribution in [3.8, 4) is 0 Å². The van der Waals surface area contributed by atoms with Gasteiger partial charge in [0, 0.05) is 22.7 Å². The van der Waals surface area contributed by atoms with Gasteiger partial charge in [0.15, 0.2) is 0 Å². The SMILES string of the molecule is CCc1c(C)nc2ccccc2c1Cc1ccc(C(=O)N[C@@H]2CCC[C@@H]2C(=O)NO)cc1. The van der Waals surface area contributed by atoms with Gasteiger partial charge in [-0.05, 0) is 67.5 Å². The van der Waals surface area contributed by atoms with Gasteiger partial charge in [-0.2, -0.15) is 0 Å². The molecule has 2 amide bonds. The maximum Gasteiger partial charge on any atom is 0.251 e. The largest absolute Gasteiger partial charge is 0.349 e. The molecule has 1 aromatic heterocycles. The molecule has 1 fully saturated rings. The molecular formula is C26H29N3O3. The fourth-order valence-corrected chi connectivity index (χ4v) is 4.89. The zero-order valence-electron chi connectivity index (χ0n) is 18.5. The standard InChI is InChI=1S/C26H29N3O3/c1-3-19-16(2)27-23-9-5-4-7-20(23)22(19)15-17-11-13-18(14-12-17)25(30)28-24-10-6-8-21(24)26(31)29-32/h4-5,7,9,11-14,21,24,32H,3,6,8,10,15H2,1-2H3,(H,28,30)(H,29,31)/t21-,24+/m0/s1. The molecule has 3 aromatic rings. The van der Waals surface area contributed by atoms with E-state index in [4.69, 9.17) is 10.2 Å². The second kappa shape index (κ2) is 9.49. The number of fused-ring (bicyclic) bond motifs is 1. The third-order valence-electron chi connectivity index (χ3n) is 6.55. The molecule has 1 aliphatic carbocycles. The predicted molar refractivity (Wildman–Crippen MR) is 124 cm³/mol. The number of benzene rings is 2. The lowest BCUT2D eigenvalue weighted by molar-refractivity contribution is -0.133. The second-order valence-corrected chi connectivity index (χ2v) is 8.49. The van der Waals surface area contributed by atoms with E-state index in [-0.39, 0.29) is 17.9 Å². The van der Waals surface area contributed by atoms with Crippen molar-refractivity contribution in [2.75, 3.05) is 0 Å². The van der Waals surface area contributed by atoms with E-state index in [0.717, 1.165) is 42.5 Å². The highest BCUT2D eigenvalue weighted by Gasteiger charge is 2.34. The number of hydrogen-bond donors (Lipinski definition) is 3. The Labute approximate surface area is 188 Å². The molecule has 0 saturated heterocycles. The summed E-state index contributed by atoms with van der Waals surface area (Å²) in [5, 5.41) is 13.1. The Balaban J connectivity index is 1.53. The van der Waals surface area contributed by atoms with Crippen LogP contribution in [0.1, 0.15) is 58.9 Å². The second-order valence-electron chi connectivity index (χ2n) is 8.49. The third kappa shape index (κ3) is 4.36. The van der Waals surface area contributed by atoms with Crippen LogP contribution in [-0.2, 0) is 17.6 Å². The monoisotopic (exact) mass is 431 g/mol. The van der Waals surface area contributed by atoms with Crippen molar-refractivity contribution in [1.29, 1.82) is 0 Å². The maximum absolute atomic E-state index is 12.7. The maximum atomic E-state index is 12.7. The molecule has 6 heteroatoms. The number of para-hydroxylation sites is 1. The van der Waals surface area contributed by atoms with Crippen LogP contribution >= 0.6 is 0 Å². The van der Waals surface area contributed by atoms with E-state index in [1.165, 1.54) is 16.5 Å². The first-order chi connectivity index (χ1) is 15.5. The summed E-state index contributed by atoms with van der Waals surface area (Å²) in [6.45, 7) is 4.22. The number of aromatic nitrogens is 1. The third-order valence-corrected chi connectivity index (χ3v) is 6.55. The fourth-order valence-electron chi connectivity index (χ4n) is 4.89. The van der Waals surface area contributed by atoms with Crippen LogP contribution in [0.15, 0.2) is 48.5 Å². The van der Waals surface area contributed by atoms with Gasteiger partial charge in [0.1, 0.15) is 0 Å². The number of aryl methyl sites for hydroxylation is 1. The van der Waals surface area contributed by atoms with Crippen molar-refractivity contribution in [3.05, 3.63) is 76.5 Å². The number of nitrogens with one attached hydrogen (secondary N) is 2. The first-order valence-electron chi connectivity index (χ1n) is 11.2. The van der Waals surface area contributed by atoms with Crippen molar-refractivity contribution in [3.63, 3.8) is 0 Å². The van der Waals surface area contributed by atoms with E-state index >= 15 is 0 Å². The molecule has 0 aliphatic heterocycles. The lowest BCUT2D eigenvalue weighted by Gasteiger charge is -2.19. The molecule has 0 spiro atoms. The van der Waals surface area contributed by atoms with Crippen LogP contribution in [0.2, 0.25) is 0 Å². The number of carbonyl (C=O) groups excluding carboxylic acids is 2. The fraction of sp³-hybridized carbons (Fsp3) is 0.346. The first kappa shape index (κ1) is 22.0. The molecule has 1 heterocycles. The summed E-state index contributed by atoms with van der Waals surface area (Å²) in [5.74, 6) is -1.02. The smallest absolute Gasteiger partial charge is 0.251 e. The molecule has 0 bridgehead atoms. The van der Waals surface area contributed by atoms with E-state index in [2.05, 4.69) is 25.2 Å². The average Bonchev–Trinajstić information content (AvgIpc) is 3.27. The summed E-state index contributed by atoms with van der Waals surface area (Å²) < 4.78 is 0. The van der Waals surface area contributed by atoms with Gasteiger partial charge >= 0.3 is 0 Å². The van der Waals surface area contributed by atoms with Crippen molar-refractivity contribution in [2.45, 2.75) is 52.0 Å². The lowest BCUT2D eigenvalue weighted by Crippen LogP contribution is -2.43. The van der Waals surface area contributed by atoms with Gasteiger partial charge in [-0.3, -0.25) is 19.8 Å². The first-order valence-corrected chi connectivity index (χ1v) is 11.2. The molecule has 1 saturated carbocycles. The molecular weight excluding hydrogens is 402 g/mol. The minimum absolute atomic E-state index is 0.196. The predicted octanol–water partition coefficient (Wildman–Crippen LogP) is 4.10. The Morgan fingerprint density at radius 2 is 1.81 bits per heavy atom. The zero-order valence-corrected chi connectivity index (χ0v) is 18.5. The molecule has 0 radical (unpaired) electrons. The van der Waals surface area contributed by atoms with Crippen molar-refractivity contribution >= 4 is 22.7 Å². The molecule has 32 heavy (non-hydrogen) atoms. The topological polar surface area (TPSA) is 91.3 Å². The van der Waals surface area contributed by atoms with Gasteiger partial charge in [0.25, 0.3) is 5.91 Å². The highest BCUT2D eigenvalue weighted by molar-refractivity contribution is 5.95. The number of pyridine rings is 1. The number of hydrogen-bond acceptors (Lipinski definition) is 4. The van der Waals surface area contributed by atoms with Gasteiger partial charge in [0.2, 0.25) is 5.91 Å². The van der Waals surface area contributed by atoms with Crippen LogP contribution in [0.25, 0.3) is 10.9 Å². The number of hydroxylamine groups is 1. The molecule has 2 atom stereocenters. The van der Waals surface area contributed by atoms with E-state index in [1.54, 1.807) is 5.48 Å². The quantitative estimate of drug-likeness (QED) is 0.405. The van der Waals surface area contributed by atoms with Gasteiger partial charge in [0.05, 0.1) is 11.4 Å².